The van der Waals surface area contributed by atoms with Crippen LogP contribution in [0, 0.1) is 0 Å². The fraction of sp³-hybridized carbons (Fsp3) is 0.111. The predicted octanol–water partition coefficient (Wildman–Crippen LogP) is 4.31. The van der Waals surface area contributed by atoms with Gasteiger partial charge in [0.1, 0.15) is 0 Å². The zero-order valence-corrected chi connectivity index (χ0v) is 16.0. The summed E-state index contributed by atoms with van der Waals surface area (Å²) in [6.07, 6.45) is 3.42. The van der Waals surface area contributed by atoms with Gasteiger partial charge in [-0.1, -0.05) is 23.2 Å². The molecule has 0 amide bonds. The molecule has 0 fully saturated rings. The Bertz CT molecular complexity index is 1170. The lowest BCUT2D eigenvalue weighted by molar-refractivity contribution is 0.0519. The highest BCUT2D eigenvalue weighted by Gasteiger charge is 2.15. The van der Waals surface area contributed by atoms with Gasteiger partial charge in [-0.2, -0.15) is 0 Å². The lowest BCUT2D eigenvalue weighted by atomic mass is 10.3. The SMILES string of the molecule is CCOC(=O)c1nc2cc[nH]c2cc1Cl.O=C(O)c1nc2cc[nH]c2cc1Cl. The molecule has 28 heavy (non-hydrogen) atoms. The Morgan fingerprint density at radius 2 is 1.50 bits per heavy atom. The number of halogens is 2. The van der Waals surface area contributed by atoms with Gasteiger partial charge in [0.05, 0.1) is 38.7 Å². The number of esters is 1. The molecular formula is C18H14Cl2N4O4. The van der Waals surface area contributed by atoms with Crippen LogP contribution in [0.3, 0.4) is 0 Å². The molecule has 0 aromatic carbocycles. The molecular weight excluding hydrogens is 407 g/mol. The lowest BCUT2D eigenvalue weighted by Gasteiger charge is -2.02. The second kappa shape index (κ2) is 8.28. The van der Waals surface area contributed by atoms with Crippen LogP contribution in [0.15, 0.2) is 36.7 Å². The molecule has 4 aromatic heterocycles. The highest BCUT2D eigenvalue weighted by Crippen LogP contribution is 2.21. The minimum Gasteiger partial charge on any atom is -0.476 e. The van der Waals surface area contributed by atoms with Crippen LogP contribution in [-0.2, 0) is 4.74 Å². The standard InChI is InChI=1S/C10H9ClN2O2.C8H5ClN2O2/c1-2-15-10(14)9-6(11)5-8-7(13-9)3-4-12-8;9-4-3-6-5(1-2-10-6)11-7(4)8(12)13/h3-5,12H,2H2,1H3;1-3,10H,(H,12,13). The van der Waals surface area contributed by atoms with Gasteiger partial charge in [0, 0.05) is 12.4 Å². The van der Waals surface area contributed by atoms with Crippen LogP contribution in [0.1, 0.15) is 27.9 Å². The molecule has 0 aliphatic carbocycles. The van der Waals surface area contributed by atoms with Crippen molar-refractivity contribution in [2.45, 2.75) is 6.92 Å². The number of carbonyl (C=O) groups excluding carboxylic acids is 1. The number of H-pyrrole nitrogens is 2. The Kier molecular flexibility index (Phi) is 5.81. The Labute approximate surface area is 168 Å². The molecule has 0 bridgehead atoms. The van der Waals surface area contributed by atoms with Crippen LogP contribution in [0.5, 0.6) is 0 Å². The molecule has 0 aliphatic rings. The number of hydrogen-bond acceptors (Lipinski definition) is 5. The highest BCUT2D eigenvalue weighted by molar-refractivity contribution is 6.34. The third-order valence-electron chi connectivity index (χ3n) is 3.64. The number of fused-ring (bicyclic) bond motifs is 2. The van der Waals surface area contributed by atoms with E-state index in [1.165, 1.54) is 0 Å². The molecule has 8 nitrogen and oxygen atoms in total. The Balaban J connectivity index is 0.000000162. The van der Waals surface area contributed by atoms with E-state index in [1.54, 1.807) is 43.6 Å². The second-order valence-corrected chi connectivity index (χ2v) is 6.30. The molecule has 0 aliphatic heterocycles. The number of ether oxygens (including phenoxy) is 1. The number of pyridine rings is 2. The van der Waals surface area contributed by atoms with Gasteiger partial charge < -0.3 is 19.8 Å². The summed E-state index contributed by atoms with van der Waals surface area (Å²) in [5, 5.41) is 9.14. The quantitative estimate of drug-likeness (QED) is 0.424. The largest absolute Gasteiger partial charge is 0.476 e. The van der Waals surface area contributed by atoms with Gasteiger partial charge in [0.25, 0.3) is 0 Å². The molecule has 4 rings (SSSR count). The number of aromatic carboxylic acids is 1. The summed E-state index contributed by atoms with van der Waals surface area (Å²) in [5.74, 6) is -1.61. The molecule has 4 heterocycles. The minimum atomic E-state index is -1.12. The summed E-state index contributed by atoms with van der Waals surface area (Å²) >= 11 is 11.6. The summed E-state index contributed by atoms with van der Waals surface area (Å²) < 4.78 is 4.84. The van der Waals surface area contributed by atoms with Crippen molar-refractivity contribution in [3.8, 4) is 0 Å². The van der Waals surface area contributed by atoms with E-state index in [1.807, 2.05) is 0 Å². The van der Waals surface area contributed by atoms with Crippen molar-refractivity contribution >= 4 is 57.2 Å². The van der Waals surface area contributed by atoms with E-state index < -0.39 is 11.9 Å². The first kappa shape index (κ1) is 19.7. The van der Waals surface area contributed by atoms with Crippen LogP contribution in [0.4, 0.5) is 0 Å². The average Bonchev–Trinajstić information content (AvgIpc) is 3.28. The average molecular weight is 421 g/mol. The Hall–Kier alpha value is -3.10. The summed E-state index contributed by atoms with van der Waals surface area (Å²) in [6, 6.07) is 6.68. The summed E-state index contributed by atoms with van der Waals surface area (Å²) in [6.45, 7) is 2.04. The molecule has 0 unspecified atom stereocenters. The first-order valence-electron chi connectivity index (χ1n) is 8.08. The molecule has 3 N–H and O–H groups in total. The third-order valence-corrected chi connectivity index (χ3v) is 4.22. The van der Waals surface area contributed by atoms with E-state index in [4.69, 9.17) is 33.0 Å². The number of carbonyl (C=O) groups is 2. The zero-order valence-electron chi connectivity index (χ0n) is 14.5. The monoisotopic (exact) mass is 420 g/mol. The van der Waals surface area contributed by atoms with E-state index in [-0.39, 0.29) is 16.4 Å². The van der Waals surface area contributed by atoms with E-state index in [0.29, 0.717) is 22.7 Å². The van der Waals surface area contributed by atoms with Gasteiger partial charge in [-0.25, -0.2) is 19.6 Å². The number of carboxylic acids is 1. The number of aromatic nitrogens is 4. The van der Waals surface area contributed by atoms with Crippen LogP contribution in [0.25, 0.3) is 22.1 Å². The van der Waals surface area contributed by atoms with Gasteiger partial charge >= 0.3 is 11.9 Å². The second-order valence-electron chi connectivity index (χ2n) is 5.48. The topological polar surface area (TPSA) is 121 Å². The highest BCUT2D eigenvalue weighted by atomic mass is 35.5. The molecule has 0 radical (unpaired) electrons. The van der Waals surface area contributed by atoms with E-state index >= 15 is 0 Å². The van der Waals surface area contributed by atoms with Crippen molar-refractivity contribution in [1.29, 1.82) is 0 Å². The fourth-order valence-corrected chi connectivity index (χ4v) is 2.87. The zero-order chi connectivity index (χ0) is 20.3. The van der Waals surface area contributed by atoms with Crippen molar-refractivity contribution in [3.63, 3.8) is 0 Å². The maximum absolute atomic E-state index is 11.5. The van der Waals surface area contributed by atoms with Crippen molar-refractivity contribution in [2.24, 2.45) is 0 Å². The van der Waals surface area contributed by atoms with Gasteiger partial charge in [-0.15, -0.1) is 0 Å². The molecule has 144 valence electrons. The first-order valence-corrected chi connectivity index (χ1v) is 8.84. The minimum absolute atomic E-state index is 0.117. The first-order chi connectivity index (χ1) is 13.4. The Morgan fingerprint density at radius 3 is 2.00 bits per heavy atom. The number of carboxylic acid groups (broad SMARTS) is 1. The molecule has 0 atom stereocenters. The number of hydrogen-bond donors (Lipinski definition) is 3. The van der Waals surface area contributed by atoms with Crippen molar-refractivity contribution < 1.29 is 19.4 Å². The fourth-order valence-electron chi connectivity index (χ4n) is 2.40. The molecule has 4 aromatic rings. The van der Waals surface area contributed by atoms with Crippen molar-refractivity contribution in [1.82, 2.24) is 19.9 Å². The molecule has 0 saturated heterocycles. The number of nitrogens with zero attached hydrogens (tertiary/aromatic N) is 2. The van der Waals surface area contributed by atoms with Gasteiger partial charge in [0.2, 0.25) is 0 Å². The number of rotatable bonds is 3. The van der Waals surface area contributed by atoms with E-state index in [2.05, 4.69) is 19.9 Å². The van der Waals surface area contributed by atoms with Gasteiger partial charge in [0.15, 0.2) is 11.4 Å². The maximum Gasteiger partial charge on any atom is 0.358 e. The van der Waals surface area contributed by atoms with Crippen LogP contribution in [-0.4, -0.2) is 43.6 Å². The number of nitrogens with one attached hydrogen (secondary N) is 2. The molecule has 0 spiro atoms. The predicted molar refractivity (Wildman–Crippen MR) is 105 cm³/mol. The van der Waals surface area contributed by atoms with Gasteiger partial charge in [-0.05, 0) is 31.2 Å². The lowest BCUT2D eigenvalue weighted by Crippen LogP contribution is -2.07. The molecule has 10 heteroatoms. The number of aromatic amines is 2. The maximum atomic E-state index is 11.5. The molecule has 0 saturated carbocycles. The normalized spacial score (nSPS) is 10.5. The summed E-state index contributed by atoms with van der Waals surface area (Å²) in [4.78, 5) is 35.9. The summed E-state index contributed by atoms with van der Waals surface area (Å²) in [5.41, 5.74) is 2.87. The van der Waals surface area contributed by atoms with Crippen LogP contribution in [0.2, 0.25) is 10.0 Å². The van der Waals surface area contributed by atoms with Gasteiger partial charge in [-0.3, -0.25) is 0 Å². The van der Waals surface area contributed by atoms with E-state index in [9.17, 15) is 9.59 Å². The van der Waals surface area contributed by atoms with Crippen molar-refractivity contribution in [2.75, 3.05) is 6.61 Å². The van der Waals surface area contributed by atoms with Crippen LogP contribution >= 0.6 is 23.2 Å². The third kappa shape index (κ3) is 4.08. The Morgan fingerprint density at radius 1 is 1.00 bits per heavy atom. The van der Waals surface area contributed by atoms with Crippen LogP contribution < -0.4 is 0 Å². The van der Waals surface area contributed by atoms with E-state index in [0.717, 1.165) is 11.0 Å². The van der Waals surface area contributed by atoms with Crippen molar-refractivity contribution in [3.05, 3.63) is 58.1 Å². The smallest absolute Gasteiger partial charge is 0.358 e. The summed E-state index contributed by atoms with van der Waals surface area (Å²) in [7, 11) is 0.